The molecule has 0 aromatic carbocycles. The van der Waals surface area contributed by atoms with Gasteiger partial charge in [0, 0.05) is 24.1 Å². The van der Waals surface area contributed by atoms with Crippen LogP contribution in [0.3, 0.4) is 0 Å². The molecule has 1 heterocycles. The van der Waals surface area contributed by atoms with Gasteiger partial charge in [-0.15, -0.1) is 11.3 Å². The zero-order chi connectivity index (χ0) is 11.7. The second-order valence-corrected chi connectivity index (χ2v) is 6.60. The Morgan fingerprint density at radius 1 is 1.47 bits per heavy atom. The molecule has 1 atom stereocenters. The summed E-state index contributed by atoms with van der Waals surface area (Å²) in [6.07, 6.45) is 7.43. The standard InChI is InChI=1S/C14H21NOS/c16-8-7-14(5-6-14)10-15-12-2-1-3-13-11(12)4-9-17-13/h4,9,12,15-16H,1-3,5-8,10H2. The van der Waals surface area contributed by atoms with E-state index in [0.29, 0.717) is 18.1 Å². The van der Waals surface area contributed by atoms with Gasteiger partial charge in [0.2, 0.25) is 0 Å². The van der Waals surface area contributed by atoms with Gasteiger partial charge in [0.05, 0.1) is 0 Å². The van der Waals surface area contributed by atoms with Crippen molar-refractivity contribution in [3.8, 4) is 0 Å². The second kappa shape index (κ2) is 4.71. The molecule has 17 heavy (non-hydrogen) atoms. The molecule has 0 aliphatic heterocycles. The maximum atomic E-state index is 9.08. The van der Waals surface area contributed by atoms with Crippen molar-refractivity contribution in [1.82, 2.24) is 5.32 Å². The lowest BCUT2D eigenvalue weighted by molar-refractivity contribution is 0.240. The lowest BCUT2D eigenvalue weighted by Gasteiger charge is -2.26. The molecular formula is C14H21NOS. The Hall–Kier alpha value is -0.380. The normalized spacial score (nSPS) is 25.6. The van der Waals surface area contributed by atoms with Gasteiger partial charge in [-0.05, 0) is 60.9 Å². The first kappa shape index (κ1) is 11.7. The molecule has 1 unspecified atom stereocenters. The molecule has 0 spiro atoms. The lowest BCUT2D eigenvalue weighted by Crippen LogP contribution is -2.30. The summed E-state index contributed by atoms with van der Waals surface area (Å²) in [5.41, 5.74) is 1.98. The number of hydrogen-bond donors (Lipinski definition) is 2. The Kier molecular flexibility index (Phi) is 3.24. The van der Waals surface area contributed by atoms with E-state index in [4.69, 9.17) is 5.11 Å². The van der Waals surface area contributed by atoms with Crippen molar-refractivity contribution in [2.24, 2.45) is 5.41 Å². The zero-order valence-electron chi connectivity index (χ0n) is 10.2. The fourth-order valence-corrected chi connectivity index (χ4v) is 3.95. The highest BCUT2D eigenvalue weighted by Crippen LogP contribution is 2.48. The maximum Gasteiger partial charge on any atom is 0.0436 e. The van der Waals surface area contributed by atoms with Crippen LogP contribution in [0.25, 0.3) is 0 Å². The van der Waals surface area contributed by atoms with Crippen LogP contribution in [0.1, 0.15) is 48.6 Å². The first-order valence-corrected chi connectivity index (χ1v) is 7.61. The van der Waals surface area contributed by atoms with Crippen LogP contribution >= 0.6 is 11.3 Å². The Bertz CT molecular complexity index is 383. The molecule has 1 saturated carbocycles. The van der Waals surface area contributed by atoms with Crippen molar-refractivity contribution in [2.75, 3.05) is 13.2 Å². The van der Waals surface area contributed by atoms with Crippen molar-refractivity contribution in [3.63, 3.8) is 0 Å². The molecule has 1 fully saturated rings. The third-order valence-electron chi connectivity index (χ3n) is 4.37. The van der Waals surface area contributed by atoms with Gasteiger partial charge >= 0.3 is 0 Å². The molecular weight excluding hydrogens is 230 g/mol. The quantitative estimate of drug-likeness (QED) is 0.843. The van der Waals surface area contributed by atoms with Gasteiger partial charge in [-0.25, -0.2) is 0 Å². The molecule has 0 amide bonds. The topological polar surface area (TPSA) is 32.3 Å². The summed E-state index contributed by atoms with van der Waals surface area (Å²) in [5.74, 6) is 0. The predicted molar refractivity (Wildman–Crippen MR) is 71.4 cm³/mol. The Labute approximate surface area is 107 Å². The van der Waals surface area contributed by atoms with Crippen LogP contribution < -0.4 is 5.32 Å². The van der Waals surface area contributed by atoms with E-state index in [-0.39, 0.29) is 0 Å². The molecule has 1 aromatic rings. The van der Waals surface area contributed by atoms with Crippen molar-refractivity contribution in [1.29, 1.82) is 0 Å². The molecule has 2 aliphatic carbocycles. The molecule has 0 radical (unpaired) electrons. The van der Waals surface area contributed by atoms with Crippen molar-refractivity contribution in [3.05, 3.63) is 21.9 Å². The maximum absolute atomic E-state index is 9.08. The molecule has 94 valence electrons. The van der Waals surface area contributed by atoms with Gasteiger partial charge < -0.3 is 10.4 Å². The van der Waals surface area contributed by atoms with E-state index in [9.17, 15) is 0 Å². The van der Waals surface area contributed by atoms with Crippen LogP contribution in [0.5, 0.6) is 0 Å². The highest BCUT2D eigenvalue weighted by molar-refractivity contribution is 7.10. The van der Waals surface area contributed by atoms with E-state index >= 15 is 0 Å². The largest absolute Gasteiger partial charge is 0.396 e. The minimum atomic E-state index is 0.343. The number of aryl methyl sites for hydroxylation is 1. The molecule has 0 bridgehead atoms. The predicted octanol–water partition coefficient (Wildman–Crippen LogP) is 2.88. The molecule has 2 aliphatic rings. The highest BCUT2D eigenvalue weighted by Gasteiger charge is 2.42. The molecule has 2 nitrogen and oxygen atoms in total. The number of fused-ring (bicyclic) bond motifs is 1. The summed E-state index contributed by atoms with van der Waals surface area (Å²) < 4.78 is 0. The van der Waals surface area contributed by atoms with Gasteiger partial charge in [0.1, 0.15) is 0 Å². The number of nitrogens with one attached hydrogen (secondary N) is 1. The van der Waals surface area contributed by atoms with E-state index < -0.39 is 0 Å². The summed E-state index contributed by atoms with van der Waals surface area (Å²) in [6, 6.07) is 2.86. The van der Waals surface area contributed by atoms with Gasteiger partial charge in [-0.1, -0.05) is 0 Å². The van der Waals surface area contributed by atoms with E-state index in [1.807, 2.05) is 11.3 Å². The summed E-state index contributed by atoms with van der Waals surface area (Å²) >= 11 is 1.91. The van der Waals surface area contributed by atoms with E-state index in [1.54, 1.807) is 10.4 Å². The Morgan fingerprint density at radius 2 is 2.35 bits per heavy atom. The zero-order valence-corrected chi connectivity index (χ0v) is 11.1. The first-order chi connectivity index (χ1) is 8.33. The van der Waals surface area contributed by atoms with Crippen LogP contribution in [-0.4, -0.2) is 18.3 Å². The average Bonchev–Trinajstić information content (AvgIpc) is 2.92. The van der Waals surface area contributed by atoms with Crippen molar-refractivity contribution >= 4 is 11.3 Å². The lowest BCUT2D eigenvalue weighted by atomic mass is 9.93. The van der Waals surface area contributed by atoms with Gasteiger partial charge in [0.15, 0.2) is 0 Å². The van der Waals surface area contributed by atoms with E-state index in [2.05, 4.69) is 16.8 Å². The first-order valence-electron chi connectivity index (χ1n) is 6.73. The van der Waals surface area contributed by atoms with E-state index in [0.717, 1.165) is 13.0 Å². The Morgan fingerprint density at radius 3 is 3.12 bits per heavy atom. The van der Waals surface area contributed by atoms with Gasteiger partial charge in [-0.2, -0.15) is 0 Å². The van der Waals surface area contributed by atoms with Gasteiger partial charge in [-0.3, -0.25) is 0 Å². The number of thiophene rings is 1. The monoisotopic (exact) mass is 251 g/mol. The molecule has 0 saturated heterocycles. The minimum Gasteiger partial charge on any atom is -0.396 e. The second-order valence-electron chi connectivity index (χ2n) is 5.60. The fraction of sp³-hybridized carbons (Fsp3) is 0.714. The van der Waals surface area contributed by atoms with Gasteiger partial charge in [0.25, 0.3) is 0 Å². The average molecular weight is 251 g/mol. The van der Waals surface area contributed by atoms with Crippen LogP contribution in [0.4, 0.5) is 0 Å². The van der Waals surface area contributed by atoms with Crippen LogP contribution in [0.15, 0.2) is 11.4 Å². The summed E-state index contributed by atoms with van der Waals surface area (Å²) in [7, 11) is 0. The third kappa shape index (κ3) is 2.42. The molecule has 3 heteroatoms. The Balaban J connectivity index is 1.60. The highest BCUT2D eigenvalue weighted by atomic mass is 32.1. The smallest absolute Gasteiger partial charge is 0.0436 e. The number of aliphatic hydroxyl groups is 1. The summed E-state index contributed by atoms with van der Waals surface area (Å²) in [4.78, 5) is 1.58. The minimum absolute atomic E-state index is 0.343. The number of rotatable bonds is 5. The van der Waals surface area contributed by atoms with Crippen molar-refractivity contribution in [2.45, 2.75) is 44.6 Å². The molecule has 1 aromatic heterocycles. The fourth-order valence-electron chi connectivity index (χ4n) is 2.97. The van der Waals surface area contributed by atoms with E-state index in [1.165, 1.54) is 32.1 Å². The van der Waals surface area contributed by atoms with Crippen LogP contribution in [0, 0.1) is 5.41 Å². The summed E-state index contributed by atoms with van der Waals surface area (Å²) in [6.45, 7) is 1.43. The third-order valence-corrected chi connectivity index (χ3v) is 5.37. The van der Waals surface area contributed by atoms with Crippen LogP contribution in [0.2, 0.25) is 0 Å². The number of aliphatic hydroxyl groups excluding tert-OH is 1. The summed E-state index contributed by atoms with van der Waals surface area (Å²) in [5, 5.41) is 15.1. The SMILES string of the molecule is OCCC1(CNC2CCCc3sccc32)CC1. The molecule has 2 N–H and O–H groups in total. The van der Waals surface area contributed by atoms with Crippen LogP contribution in [-0.2, 0) is 6.42 Å². The van der Waals surface area contributed by atoms with Crippen molar-refractivity contribution < 1.29 is 5.11 Å². The number of hydrogen-bond acceptors (Lipinski definition) is 3. The molecule has 3 rings (SSSR count).